The Labute approximate surface area is 65.5 Å². The van der Waals surface area contributed by atoms with E-state index in [1.807, 2.05) is 0 Å². The van der Waals surface area contributed by atoms with Gasteiger partial charge in [0.1, 0.15) is 5.78 Å². The molecule has 1 nitrogen and oxygen atoms in total. The lowest BCUT2D eigenvalue weighted by molar-refractivity contribution is -0.127. The van der Waals surface area contributed by atoms with Gasteiger partial charge in [0.05, 0.1) is 0 Å². The van der Waals surface area contributed by atoms with Gasteiger partial charge in [-0.15, -0.1) is 0 Å². The fraction of sp³-hybridized carbons (Fsp3) is 0.700. The van der Waals surface area contributed by atoms with Crippen LogP contribution in [0.5, 0.6) is 0 Å². The number of allylic oxidation sites excluding steroid dienone is 2. The monoisotopic (exact) mass is 146 g/mol. The zero-order chi connectivity index (χ0) is 7.16. The minimum Gasteiger partial charge on any atom is -0.299 e. The normalized spacial score (nSPS) is 67.5. The van der Waals surface area contributed by atoms with Gasteiger partial charge in [-0.3, -0.25) is 4.79 Å². The molecule has 6 bridgehead atoms. The molecule has 0 aromatic heterocycles. The summed E-state index contributed by atoms with van der Waals surface area (Å²) in [5.41, 5.74) is 0. The molecule has 4 saturated carbocycles. The predicted molar refractivity (Wildman–Crippen MR) is 39.7 cm³/mol. The van der Waals surface area contributed by atoms with Crippen LogP contribution in [0.25, 0.3) is 0 Å². The van der Waals surface area contributed by atoms with Crippen molar-refractivity contribution >= 4 is 5.78 Å². The first-order chi connectivity index (χ1) is 5.38. The molecular formula is C10H10O. The van der Waals surface area contributed by atoms with Crippen LogP contribution in [0.2, 0.25) is 0 Å². The van der Waals surface area contributed by atoms with Crippen LogP contribution in [0.3, 0.4) is 0 Å². The molecule has 5 aliphatic rings. The third kappa shape index (κ3) is 0.350. The summed E-state index contributed by atoms with van der Waals surface area (Å²) < 4.78 is 0. The average molecular weight is 146 g/mol. The highest BCUT2D eigenvalue weighted by atomic mass is 16.1. The largest absolute Gasteiger partial charge is 0.299 e. The highest BCUT2D eigenvalue weighted by Gasteiger charge is 2.71. The van der Waals surface area contributed by atoms with E-state index < -0.39 is 0 Å². The molecule has 1 heteroatoms. The van der Waals surface area contributed by atoms with E-state index in [2.05, 4.69) is 12.2 Å². The maximum Gasteiger partial charge on any atom is 0.143 e. The number of rotatable bonds is 0. The minimum absolute atomic E-state index is 0.361. The molecule has 6 atom stereocenters. The Bertz CT molecular complexity index is 291. The fourth-order valence-electron chi connectivity index (χ4n) is 3.96. The van der Waals surface area contributed by atoms with Gasteiger partial charge in [0.2, 0.25) is 0 Å². The Morgan fingerprint density at radius 1 is 1.27 bits per heavy atom. The first kappa shape index (κ1) is 5.13. The lowest BCUT2D eigenvalue weighted by atomic mass is 9.75. The van der Waals surface area contributed by atoms with Gasteiger partial charge >= 0.3 is 0 Å². The molecule has 0 radical (unpaired) electrons. The zero-order valence-corrected chi connectivity index (χ0v) is 6.23. The summed E-state index contributed by atoms with van der Waals surface area (Å²) in [5, 5.41) is 0. The summed E-state index contributed by atoms with van der Waals surface area (Å²) in [6.45, 7) is 0. The summed E-state index contributed by atoms with van der Waals surface area (Å²) in [6, 6.07) is 0. The molecule has 0 aromatic rings. The molecule has 11 heavy (non-hydrogen) atoms. The maximum absolute atomic E-state index is 11.6. The maximum atomic E-state index is 11.6. The van der Waals surface area contributed by atoms with Crippen LogP contribution < -0.4 is 0 Å². The molecule has 0 heterocycles. The molecule has 0 spiro atoms. The van der Waals surface area contributed by atoms with Crippen molar-refractivity contribution in [3.63, 3.8) is 0 Å². The van der Waals surface area contributed by atoms with Crippen molar-refractivity contribution < 1.29 is 4.79 Å². The van der Waals surface area contributed by atoms with Crippen molar-refractivity contribution in [2.24, 2.45) is 35.5 Å². The third-order valence-corrected chi connectivity index (χ3v) is 4.37. The fourth-order valence-corrected chi connectivity index (χ4v) is 3.96. The summed E-state index contributed by atoms with van der Waals surface area (Å²) in [6.07, 6.45) is 5.87. The van der Waals surface area contributed by atoms with Gasteiger partial charge < -0.3 is 0 Å². The lowest BCUT2D eigenvalue weighted by Gasteiger charge is -2.27. The van der Waals surface area contributed by atoms with Crippen molar-refractivity contribution in [3.8, 4) is 0 Å². The molecular weight excluding hydrogens is 136 g/mol. The Morgan fingerprint density at radius 2 is 2.18 bits per heavy atom. The van der Waals surface area contributed by atoms with E-state index in [1.165, 1.54) is 6.42 Å². The number of hydrogen-bond donors (Lipinski definition) is 0. The van der Waals surface area contributed by atoms with Crippen LogP contribution in [-0.2, 0) is 4.79 Å². The van der Waals surface area contributed by atoms with E-state index in [9.17, 15) is 4.79 Å². The average Bonchev–Trinajstić information content (AvgIpc) is 2.46. The quantitative estimate of drug-likeness (QED) is 0.470. The summed E-state index contributed by atoms with van der Waals surface area (Å²) in [4.78, 5) is 11.6. The van der Waals surface area contributed by atoms with Gasteiger partial charge in [0.15, 0.2) is 0 Å². The molecule has 4 fully saturated rings. The Balaban J connectivity index is 1.98. The lowest BCUT2D eigenvalue weighted by Crippen LogP contribution is -2.32. The highest BCUT2D eigenvalue weighted by Crippen LogP contribution is 2.71. The minimum atomic E-state index is 0.361. The smallest absolute Gasteiger partial charge is 0.143 e. The highest BCUT2D eigenvalue weighted by molar-refractivity contribution is 5.92. The summed E-state index contributed by atoms with van der Waals surface area (Å²) in [5.74, 6) is 4.68. The molecule has 0 aliphatic heterocycles. The van der Waals surface area contributed by atoms with Crippen LogP contribution >= 0.6 is 0 Å². The number of carbonyl (C=O) groups is 1. The molecule has 6 unspecified atom stereocenters. The van der Waals surface area contributed by atoms with Crippen LogP contribution in [0.15, 0.2) is 12.2 Å². The van der Waals surface area contributed by atoms with Crippen LogP contribution in [0.1, 0.15) is 6.42 Å². The first-order valence-electron chi connectivity index (χ1n) is 4.60. The Morgan fingerprint density at radius 3 is 3.09 bits per heavy atom. The molecule has 0 aromatic carbocycles. The number of carbonyl (C=O) groups excluding carboxylic acids is 1. The van der Waals surface area contributed by atoms with Gasteiger partial charge in [0.25, 0.3) is 0 Å². The van der Waals surface area contributed by atoms with Crippen molar-refractivity contribution in [1.82, 2.24) is 0 Å². The number of hydrogen-bond acceptors (Lipinski definition) is 1. The van der Waals surface area contributed by atoms with Gasteiger partial charge in [-0.05, 0) is 30.1 Å². The van der Waals surface area contributed by atoms with Gasteiger partial charge in [-0.2, -0.15) is 0 Å². The van der Waals surface area contributed by atoms with Crippen LogP contribution in [-0.4, -0.2) is 5.78 Å². The van der Waals surface area contributed by atoms with E-state index in [0.717, 1.165) is 23.7 Å². The zero-order valence-electron chi connectivity index (χ0n) is 6.23. The Kier molecular flexibility index (Phi) is 0.566. The second-order valence-electron chi connectivity index (χ2n) is 4.56. The van der Waals surface area contributed by atoms with Crippen molar-refractivity contribution in [3.05, 3.63) is 12.2 Å². The molecule has 0 amide bonds. The van der Waals surface area contributed by atoms with Gasteiger partial charge in [-0.25, -0.2) is 0 Å². The summed E-state index contributed by atoms with van der Waals surface area (Å²) >= 11 is 0. The molecule has 56 valence electrons. The second-order valence-corrected chi connectivity index (χ2v) is 4.56. The van der Waals surface area contributed by atoms with Gasteiger partial charge in [-0.1, -0.05) is 12.2 Å². The van der Waals surface area contributed by atoms with Gasteiger partial charge in [0, 0.05) is 11.8 Å². The topological polar surface area (TPSA) is 17.1 Å². The van der Waals surface area contributed by atoms with Crippen molar-refractivity contribution in [2.45, 2.75) is 6.42 Å². The van der Waals surface area contributed by atoms with Crippen LogP contribution in [0, 0.1) is 35.5 Å². The SMILES string of the molecule is O=C1C2C=CC3C2CC2C1C32. The third-order valence-electron chi connectivity index (χ3n) is 4.37. The summed E-state index contributed by atoms with van der Waals surface area (Å²) in [7, 11) is 0. The first-order valence-corrected chi connectivity index (χ1v) is 4.60. The molecule has 5 aliphatic carbocycles. The number of Topliss-reactive ketones (excluding diaryl/α,β-unsaturated/α-hetero) is 1. The van der Waals surface area contributed by atoms with E-state index in [0.29, 0.717) is 17.6 Å². The second kappa shape index (κ2) is 1.21. The van der Waals surface area contributed by atoms with E-state index in [4.69, 9.17) is 0 Å². The Hall–Kier alpha value is -0.590. The van der Waals surface area contributed by atoms with Crippen molar-refractivity contribution in [1.29, 1.82) is 0 Å². The van der Waals surface area contributed by atoms with Crippen LogP contribution in [0.4, 0.5) is 0 Å². The van der Waals surface area contributed by atoms with E-state index in [-0.39, 0.29) is 0 Å². The standard InChI is InChI=1S/C10H10O/c11-10-5-2-1-4-6(5)3-7-8(4)9(7)10/h1-2,4-9H,3H2. The molecule has 0 N–H and O–H groups in total. The van der Waals surface area contributed by atoms with E-state index >= 15 is 0 Å². The van der Waals surface area contributed by atoms with Crippen molar-refractivity contribution in [2.75, 3.05) is 0 Å². The molecule has 0 saturated heterocycles. The predicted octanol–water partition coefficient (Wildman–Crippen LogP) is 1.25. The van der Waals surface area contributed by atoms with E-state index in [1.54, 1.807) is 0 Å². The number of ketones is 1. The molecule has 5 rings (SSSR count).